The zero-order valence-corrected chi connectivity index (χ0v) is 16.7. The summed E-state index contributed by atoms with van der Waals surface area (Å²) in [5, 5.41) is 0.737. The Hall–Kier alpha value is -1.72. The van der Waals surface area contributed by atoms with Gasteiger partial charge in [0.2, 0.25) is 0 Å². The Labute approximate surface area is 156 Å². The molecule has 5 heteroatoms. The highest BCUT2D eigenvalue weighted by molar-refractivity contribution is 5.78. The van der Waals surface area contributed by atoms with Crippen LogP contribution in [0.3, 0.4) is 0 Å². The van der Waals surface area contributed by atoms with E-state index >= 15 is 0 Å². The number of aromatic nitrogens is 2. The molecule has 1 saturated heterocycles. The average Bonchev–Trinajstić information content (AvgIpc) is 2.85. The van der Waals surface area contributed by atoms with Crippen LogP contribution in [0.4, 0.5) is 0 Å². The van der Waals surface area contributed by atoms with E-state index in [0.717, 1.165) is 61.3 Å². The zero-order valence-electron chi connectivity index (χ0n) is 16.7. The van der Waals surface area contributed by atoms with Crippen LogP contribution in [-0.4, -0.2) is 52.6 Å². The second-order valence-electron chi connectivity index (χ2n) is 7.54. The third-order valence-electron chi connectivity index (χ3n) is 5.51. The third kappa shape index (κ3) is 3.84. The highest BCUT2D eigenvalue weighted by Crippen LogP contribution is 2.26. The topological polar surface area (TPSA) is 41.4 Å². The lowest BCUT2D eigenvalue weighted by atomic mass is 10.1. The summed E-state index contributed by atoms with van der Waals surface area (Å²) in [6.45, 7) is 11.3. The van der Waals surface area contributed by atoms with Gasteiger partial charge in [0.05, 0.1) is 16.9 Å². The molecular formula is C21H32N4O. The fraction of sp³-hybridized carbons (Fsp3) is 0.619. The molecule has 1 atom stereocenters. The summed E-state index contributed by atoms with van der Waals surface area (Å²) in [5.41, 5.74) is 2.03. The van der Waals surface area contributed by atoms with Crippen molar-refractivity contribution in [2.45, 2.75) is 52.6 Å². The fourth-order valence-corrected chi connectivity index (χ4v) is 4.04. The van der Waals surface area contributed by atoms with Gasteiger partial charge >= 0.3 is 0 Å². The predicted octanol–water partition coefficient (Wildman–Crippen LogP) is 3.20. The lowest BCUT2D eigenvalue weighted by Gasteiger charge is -2.31. The van der Waals surface area contributed by atoms with E-state index in [4.69, 9.17) is 4.98 Å². The van der Waals surface area contributed by atoms with Crippen molar-refractivity contribution >= 4 is 10.9 Å². The van der Waals surface area contributed by atoms with Crippen LogP contribution >= 0.6 is 0 Å². The molecule has 0 amide bonds. The van der Waals surface area contributed by atoms with E-state index in [2.05, 4.69) is 23.8 Å². The summed E-state index contributed by atoms with van der Waals surface area (Å²) in [4.78, 5) is 23.1. The molecule has 1 unspecified atom stereocenters. The molecule has 3 rings (SSSR count). The SMILES string of the molecule is CCCC(c1nc2ccc(C)cc2c(=O)n1CC)N1CCCN(C)CC1. The van der Waals surface area contributed by atoms with Crippen LogP contribution in [0.25, 0.3) is 10.9 Å². The number of likely N-dealkylation sites (N-methyl/N-ethyl adjacent to an activating group) is 1. The number of benzene rings is 1. The smallest absolute Gasteiger partial charge is 0.261 e. The maximum absolute atomic E-state index is 13.1. The zero-order chi connectivity index (χ0) is 18.7. The normalized spacial score (nSPS) is 18.2. The number of hydrogen-bond donors (Lipinski definition) is 0. The summed E-state index contributed by atoms with van der Waals surface area (Å²) < 4.78 is 1.90. The van der Waals surface area contributed by atoms with E-state index in [9.17, 15) is 4.79 Å². The molecule has 2 heterocycles. The summed E-state index contributed by atoms with van der Waals surface area (Å²) in [6.07, 6.45) is 3.29. The second kappa shape index (κ2) is 8.31. The Morgan fingerprint density at radius 1 is 1.15 bits per heavy atom. The molecule has 0 spiro atoms. The van der Waals surface area contributed by atoms with E-state index in [1.807, 2.05) is 36.6 Å². The Morgan fingerprint density at radius 3 is 2.69 bits per heavy atom. The van der Waals surface area contributed by atoms with Gasteiger partial charge < -0.3 is 4.90 Å². The van der Waals surface area contributed by atoms with E-state index in [-0.39, 0.29) is 11.6 Å². The van der Waals surface area contributed by atoms with E-state index in [1.54, 1.807) is 0 Å². The fourth-order valence-electron chi connectivity index (χ4n) is 4.04. The van der Waals surface area contributed by atoms with Gasteiger partial charge in [-0.25, -0.2) is 4.98 Å². The summed E-state index contributed by atoms with van der Waals surface area (Å²) in [6, 6.07) is 6.22. The molecule has 0 saturated carbocycles. The van der Waals surface area contributed by atoms with Gasteiger partial charge in [0.1, 0.15) is 5.82 Å². The van der Waals surface area contributed by atoms with Gasteiger partial charge in [-0.3, -0.25) is 14.3 Å². The van der Waals surface area contributed by atoms with Gasteiger partial charge in [-0.15, -0.1) is 0 Å². The molecule has 26 heavy (non-hydrogen) atoms. The molecule has 2 aromatic rings. The Bertz CT molecular complexity index is 813. The lowest BCUT2D eigenvalue weighted by Crippen LogP contribution is -2.37. The molecular weight excluding hydrogens is 324 g/mol. The molecule has 0 N–H and O–H groups in total. The first-order valence-electron chi connectivity index (χ1n) is 9.98. The van der Waals surface area contributed by atoms with Crippen LogP contribution in [0.1, 0.15) is 50.5 Å². The number of fused-ring (bicyclic) bond motifs is 1. The Balaban J connectivity index is 2.09. The predicted molar refractivity (Wildman–Crippen MR) is 108 cm³/mol. The van der Waals surface area contributed by atoms with Crippen molar-refractivity contribution < 1.29 is 0 Å². The van der Waals surface area contributed by atoms with Crippen molar-refractivity contribution in [1.82, 2.24) is 19.4 Å². The van der Waals surface area contributed by atoms with Crippen LogP contribution < -0.4 is 5.56 Å². The van der Waals surface area contributed by atoms with Crippen LogP contribution in [0.5, 0.6) is 0 Å². The van der Waals surface area contributed by atoms with E-state index in [1.165, 1.54) is 6.42 Å². The summed E-state index contributed by atoms with van der Waals surface area (Å²) in [7, 11) is 2.19. The van der Waals surface area contributed by atoms with E-state index in [0.29, 0.717) is 6.54 Å². The maximum Gasteiger partial charge on any atom is 0.261 e. The van der Waals surface area contributed by atoms with E-state index < -0.39 is 0 Å². The Kier molecular flexibility index (Phi) is 6.09. The highest BCUT2D eigenvalue weighted by Gasteiger charge is 2.26. The number of aryl methyl sites for hydroxylation is 1. The molecule has 0 radical (unpaired) electrons. The van der Waals surface area contributed by atoms with Crippen LogP contribution in [0.15, 0.2) is 23.0 Å². The first-order chi connectivity index (χ1) is 12.5. The molecule has 1 aliphatic heterocycles. The van der Waals surface area contributed by atoms with Crippen molar-refractivity contribution in [3.05, 3.63) is 39.9 Å². The molecule has 1 fully saturated rings. The molecule has 0 bridgehead atoms. The number of nitrogens with zero attached hydrogens (tertiary/aromatic N) is 4. The van der Waals surface area contributed by atoms with Crippen LogP contribution in [0, 0.1) is 6.92 Å². The minimum atomic E-state index is 0.101. The molecule has 1 aliphatic rings. The minimum absolute atomic E-state index is 0.101. The third-order valence-corrected chi connectivity index (χ3v) is 5.51. The number of hydrogen-bond acceptors (Lipinski definition) is 4. The number of rotatable bonds is 5. The monoisotopic (exact) mass is 356 g/mol. The standard InChI is InChI=1S/C21H32N4O/c1-5-8-19(24-12-7-11-23(4)13-14-24)20-22-18-10-9-16(3)15-17(18)21(26)25(20)6-2/h9-10,15,19H,5-8,11-14H2,1-4H3. The van der Waals surface area contributed by atoms with Crippen molar-refractivity contribution in [3.63, 3.8) is 0 Å². The minimum Gasteiger partial charge on any atom is -0.305 e. The second-order valence-corrected chi connectivity index (χ2v) is 7.54. The summed E-state index contributed by atoms with van der Waals surface area (Å²) >= 11 is 0. The quantitative estimate of drug-likeness (QED) is 0.825. The molecule has 142 valence electrons. The van der Waals surface area contributed by atoms with Crippen molar-refractivity contribution in [2.24, 2.45) is 0 Å². The summed E-state index contributed by atoms with van der Waals surface area (Å²) in [5.74, 6) is 0.945. The van der Waals surface area contributed by atoms with Crippen LogP contribution in [-0.2, 0) is 6.54 Å². The van der Waals surface area contributed by atoms with Gasteiger partial charge in [-0.1, -0.05) is 25.0 Å². The van der Waals surface area contributed by atoms with Gasteiger partial charge in [0.25, 0.3) is 5.56 Å². The van der Waals surface area contributed by atoms with Gasteiger partial charge in [0, 0.05) is 26.2 Å². The molecule has 1 aromatic carbocycles. The van der Waals surface area contributed by atoms with Crippen LogP contribution in [0.2, 0.25) is 0 Å². The first-order valence-corrected chi connectivity index (χ1v) is 9.98. The molecule has 1 aromatic heterocycles. The van der Waals surface area contributed by atoms with Crippen molar-refractivity contribution in [3.8, 4) is 0 Å². The first kappa shape index (κ1) is 19.1. The average molecular weight is 357 g/mol. The van der Waals surface area contributed by atoms with Gasteiger partial charge in [0.15, 0.2) is 0 Å². The highest BCUT2D eigenvalue weighted by atomic mass is 16.1. The molecule has 5 nitrogen and oxygen atoms in total. The Morgan fingerprint density at radius 2 is 1.96 bits per heavy atom. The van der Waals surface area contributed by atoms with Gasteiger partial charge in [-0.05, 0) is 52.4 Å². The van der Waals surface area contributed by atoms with Crippen molar-refractivity contribution in [2.75, 3.05) is 33.2 Å². The largest absolute Gasteiger partial charge is 0.305 e. The molecule has 0 aliphatic carbocycles. The van der Waals surface area contributed by atoms with Gasteiger partial charge in [-0.2, -0.15) is 0 Å². The maximum atomic E-state index is 13.1. The lowest BCUT2D eigenvalue weighted by molar-refractivity contribution is 0.180. The van der Waals surface area contributed by atoms with Crippen molar-refractivity contribution in [1.29, 1.82) is 0 Å².